The van der Waals surface area contributed by atoms with E-state index in [1.807, 2.05) is 0 Å². The Labute approximate surface area is 165 Å². The number of hydrogen-bond donors (Lipinski definition) is 1. The number of amides is 1. The van der Waals surface area contributed by atoms with E-state index in [9.17, 15) is 18.8 Å². The summed E-state index contributed by atoms with van der Waals surface area (Å²) >= 11 is 0. The minimum Gasteiger partial charge on any atom is -0.462 e. The van der Waals surface area contributed by atoms with Crippen molar-refractivity contribution >= 4 is 17.6 Å². The van der Waals surface area contributed by atoms with Gasteiger partial charge in [-0.05, 0) is 49.4 Å². The van der Waals surface area contributed by atoms with Gasteiger partial charge in [0, 0.05) is 11.6 Å². The van der Waals surface area contributed by atoms with Gasteiger partial charge in [-0.3, -0.25) is 9.59 Å². The Balaban J connectivity index is 1.80. The van der Waals surface area contributed by atoms with Crippen molar-refractivity contribution in [1.82, 2.24) is 9.78 Å². The Morgan fingerprint density at radius 1 is 1.07 bits per heavy atom. The molecule has 0 saturated carbocycles. The number of hydrogen-bond acceptors (Lipinski definition) is 5. The summed E-state index contributed by atoms with van der Waals surface area (Å²) in [6, 6.07) is 14.8. The van der Waals surface area contributed by atoms with Gasteiger partial charge in [-0.1, -0.05) is 12.1 Å². The van der Waals surface area contributed by atoms with Gasteiger partial charge in [0.05, 0.1) is 23.6 Å². The van der Waals surface area contributed by atoms with E-state index in [-0.39, 0.29) is 30.2 Å². The maximum Gasteiger partial charge on any atom is 0.340 e. The molecule has 0 aliphatic rings. The van der Waals surface area contributed by atoms with Crippen molar-refractivity contribution in [1.29, 1.82) is 0 Å². The van der Waals surface area contributed by atoms with E-state index in [0.29, 0.717) is 11.3 Å². The molecule has 0 bridgehead atoms. The van der Waals surface area contributed by atoms with Crippen LogP contribution in [0.25, 0.3) is 11.3 Å². The van der Waals surface area contributed by atoms with E-state index in [0.717, 1.165) is 4.68 Å². The molecule has 29 heavy (non-hydrogen) atoms. The summed E-state index contributed by atoms with van der Waals surface area (Å²) in [4.78, 5) is 36.6. The molecular weight excluding hydrogens is 377 g/mol. The Kier molecular flexibility index (Phi) is 6.13. The standard InChI is InChI=1S/C21H18FN3O4/c1-2-29-21(28)16-5-3-4-6-18(16)23-19(26)13-25-20(27)12-11-17(24-25)14-7-9-15(22)10-8-14/h3-12H,2,13H2,1H3,(H,23,26). The van der Waals surface area contributed by atoms with Crippen LogP contribution in [-0.2, 0) is 16.1 Å². The molecule has 3 rings (SSSR count). The van der Waals surface area contributed by atoms with Crippen LogP contribution < -0.4 is 10.9 Å². The molecule has 0 aliphatic carbocycles. The minimum absolute atomic E-state index is 0.205. The predicted molar refractivity (Wildman–Crippen MR) is 105 cm³/mol. The van der Waals surface area contributed by atoms with Gasteiger partial charge in [0.25, 0.3) is 5.56 Å². The predicted octanol–water partition coefficient (Wildman–Crippen LogP) is 2.86. The second-order valence-corrected chi connectivity index (χ2v) is 6.04. The third-order valence-electron chi connectivity index (χ3n) is 4.00. The lowest BCUT2D eigenvalue weighted by Gasteiger charge is -2.11. The van der Waals surface area contributed by atoms with Crippen molar-refractivity contribution in [2.24, 2.45) is 0 Å². The molecule has 148 valence electrons. The molecule has 0 fully saturated rings. The van der Waals surface area contributed by atoms with Gasteiger partial charge >= 0.3 is 5.97 Å². The summed E-state index contributed by atoms with van der Waals surface area (Å²) < 4.78 is 19.1. The summed E-state index contributed by atoms with van der Waals surface area (Å²) in [7, 11) is 0. The number of carbonyl (C=O) groups excluding carboxylic acids is 2. The summed E-state index contributed by atoms with van der Waals surface area (Å²) in [5.74, 6) is -1.48. The minimum atomic E-state index is -0.558. The van der Waals surface area contributed by atoms with Crippen molar-refractivity contribution in [2.45, 2.75) is 13.5 Å². The highest BCUT2D eigenvalue weighted by Gasteiger charge is 2.15. The maximum absolute atomic E-state index is 13.1. The number of carbonyl (C=O) groups is 2. The number of benzene rings is 2. The highest BCUT2D eigenvalue weighted by molar-refractivity contribution is 6.01. The van der Waals surface area contributed by atoms with Gasteiger partial charge in [0.2, 0.25) is 5.91 Å². The lowest BCUT2D eigenvalue weighted by molar-refractivity contribution is -0.117. The van der Waals surface area contributed by atoms with E-state index >= 15 is 0 Å². The summed E-state index contributed by atoms with van der Waals surface area (Å²) in [6.45, 7) is 1.53. The summed E-state index contributed by atoms with van der Waals surface area (Å²) in [5, 5.41) is 6.77. The molecule has 1 N–H and O–H groups in total. The molecule has 1 aromatic heterocycles. The number of para-hydroxylation sites is 1. The second-order valence-electron chi connectivity index (χ2n) is 6.04. The Bertz CT molecular complexity index is 1090. The molecule has 7 nitrogen and oxygen atoms in total. The zero-order valence-corrected chi connectivity index (χ0v) is 15.6. The summed E-state index contributed by atoms with van der Waals surface area (Å²) in [6.07, 6.45) is 0. The van der Waals surface area contributed by atoms with Crippen LogP contribution in [0.15, 0.2) is 65.5 Å². The SMILES string of the molecule is CCOC(=O)c1ccccc1NC(=O)Cn1nc(-c2ccc(F)cc2)ccc1=O. The Morgan fingerprint density at radius 3 is 2.52 bits per heavy atom. The zero-order chi connectivity index (χ0) is 20.8. The largest absolute Gasteiger partial charge is 0.462 e. The van der Waals surface area contributed by atoms with Crippen molar-refractivity contribution in [3.63, 3.8) is 0 Å². The van der Waals surface area contributed by atoms with Gasteiger partial charge in [0.15, 0.2) is 0 Å². The van der Waals surface area contributed by atoms with Gasteiger partial charge in [-0.2, -0.15) is 5.10 Å². The monoisotopic (exact) mass is 395 g/mol. The molecule has 0 atom stereocenters. The van der Waals surface area contributed by atoms with E-state index in [1.54, 1.807) is 25.1 Å². The molecule has 0 spiro atoms. The normalized spacial score (nSPS) is 10.4. The molecule has 8 heteroatoms. The van der Waals surface area contributed by atoms with Gasteiger partial charge in [0.1, 0.15) is 12.4 Å². The van der Waals surface area contributed by atoms with Crippen molar-refractivity contribution < 1.29 is 18.7 Å². The van der Waals surface area contributed by atoms with Gasteiger partial charge < -0.3 is 10.1 Å². The number of rotatable bonds is 6. The van der Waals surface area contributed by atoms with Crippen LogP contribution in [0.2, 0.25) is 0 Å². The molecule has 1 heterocycles. The third kappa shape index (κ3) is 4.92. The lowest BCUT2D eigenvalue weighted by Crippen LogP contribution is -2.29. The van der Waals surface area contributed by atoms with Crippen molar-refractivity contribution in [2.75, 3.05) is 11.9 Å². The van der Waals surface area contributed by atoms with E-state index in [2.05, 4.69) is 10.4 Å². The molecule has 0 saturated heterocycles. The van der Waals surface area contributed by atoms with Crippen molar-refractivity contribution in [3.05, 3.63) is 82.4 Å². The fourth-order valence-corrected chi connectivity index (χ4v) is 2.64. The number of ether oxygens (including phenoxy) is 1. The topological polar surface area (TPSA) is 90.3 Å². The van der Waals surface area contributed by atoms with Crippen LogP contribution in [0.1, 0.15) is 17.3 Å². The first-order valence-corrected chi connectivity index (χ1v) is 8.88. The first kappa shape index (κ1) is 19.9. The lowest BCUT2D eigenvalue weighted by atomic mass is 10.1. The van der Waals surface area contributed by atoms with E-state index in [1.165, 1.54) is 42.5 Å². The number of halogens is 1. The highest BCUT2D eigenvalue weighted by Crippen LogP contribution is 2.17. The quantitative estimate of drug-likeness (QED) is 0.648. The average molecular weight is 395 g/mol. The average Bonchev–Trinajstić information content (AvgIpc) is 2.71. The maximum atomic E-state index is 13.1. The van der Waals surface area contributed by atoms with Crippen LogP contribution in [0.4, 0.5) is 10.1 Å². The zero-order valence-electron chi connectivity index (χ0n) is 15.6. The number of esters is 1. The van der Waals surface area contributed by atoms with Crippen LogP contribution in [0.5, 0.6) is 0 Å². The number of anilines is 1. The molecule has 1 amide bonds. The number of nitrogens with zero attached hydrogens (tertiary/aromatic N) is 2. The smallest absolute Gasteiger partial charge is 0.340 e. The van der Waals surface area contributed by atoms with Gasteiger partial charge in [-0.25, -0.2) is 13.9 Å². The van der Waals surface area contributed by atoms with Gasteiger partial charge in [-0.15, -0.1) is 0 Å². The van der Waals surface area contributed by atoms with E-state index < -0.39 is 17.4 Å². The third-order valence-corrected chi connectivity index (χ3v) is 4.00. The molecule has 0 aliphatic heterocycles. The molecular formula is C21H18FN3O4. The fourth-order valence-electron chi connectivity index (χ4n) is 2.64. The molecule has 0 radical (unpaired) electrons. The number of nitrogens with one attached hydrogen (secondary N) is 1. The fraction of sp³-hybridized carbons (Fsp3) is 0.143. The molecule has 2 aromatic carbocycles. The highest BCUT2D eigenvalue weighted by atomic mass is 19.1. The Hall–Kier alpha value is -3.81. The first-order chi connectivity index (χ1) is 14.0. The van der Waals surface area contributed by atoms with Crippen LogP contribution in [0, 0.1) is 5.82 Å². The molecule has 3 aromatic rings. The van der Waals surface area contributed by atoms with Crippen molar-refractivity contribution in [3.8, 4) is 11.3 Å². The Morgan fingerprint density at radius 2 is 1.79 bits per heavy atom. The summed E-state index contributed by atoms with van der Waals surface area (Å²) in [5.41, 5.74) is 1.05. The molecule has 0 unspecified atom stereocenters. The first-order valence-electron chi connectivity index (χ1n) is 8.88. The second kappa shape index (κ2) is 8.92. The van der Waals surface area contributed by atoms with E-state index in [4.69, 9.17) is 4.74 Å². The van der Waals surface area contributed by atoms with Crippen LogP contribution in [-0.4, -0.2) is 28.3 Å². The van der Waals surface area contributed by atoms with Crippen LogP contribution >= 0.6 is 0 Å². The number of aromatic nitrogens is 2. The van der Waals surface area contributed by atoms with Crippen LogP contribution in [0.3, 0.4) is 0 Å².